The third-order valence-corrected chi connectivity index (χ3v) is 6.04. The summed E-state index contributed by atoms with van der Waals surface area (Å²) in [4.78, 5) is 53.7. The molecule has 0 spiro atoms. The van der Waals surface area contributed by atoms with Crippen LogP contribution < -0.4 is 16.4 Å². The maximum Gasteiger partial charge on any atom is 0.408 e. The molecule has 0 bridgehead atoms. The number of unbranched alkanes of at least 4 members (excludes halogenated alkanes) is 2. The SMILES string of the molecule is C#Cc1ccccc1C(C(=O)NC(C)CCC)N(CCCCC)C(=O)C(CCC(N)=O)NC(=O)OC(C)(C)C. The van der Waals surface area contributed by atoms with Crippen LogP contribution in [-0.2, 0) is 19.1 Å². The summed E-state index contributed by atoms with van der Waals surface area (Å²) in [5.41, 5.74) is 5.57. The van der Waals surface area contributed by atoms with Crippen LogP contribution in [0.4, 0.5) is 4.79 Å². The summed E-state index contributed by atoms with van der Waals surface area (Å²) in [5, 5.41) is 5.63. The number of carbonyl (C=O) groups is 4. The van der Waals surface area contributed by atoms with Gasteiger partial charge in [-0.15, -0.1) is 6.42 Å². The standard InChI is InChI=1S/C30H46N4O5/c1-8-11-14-20-34(28(37)24(18-19-25(31)35)33-29(38)39-30(5,6)7)26(27(36)32-21(4)15-9-2)23-17-13-12-16-22(23)10-3/h3,12-13,16-17,21,24,26H,8-9,11,14-15,18-20H2,1-2,4-7H3,(H2,31,35)(H,32,36)(H,33,38). The number of rotatable bonds is 15. The number of carbonyl (C=O) groups excluding carboxylic acids is 4. The first kappa shape index (κ1) is 33.5. The normalized spacial score (nSPS) is 13.4. The van der Waals surface area contributed by atoms with E-state index in [1.807, 2.05) is 20.8 Å². The number of amides is 4. The van der Waals surface area contributed by atoms with E-state index in [2.05, 4.69) is 16.6 Å². The highest BCUT2D eigenvalue weighted by Gasteiger charge is 2.37. The lowest BCUT2D eigenvalue weighted by Crippen LogP contribution is -2.54. The van der Waals surface area contributed by atoms with Gasteiger partial charge in [0.25, 0.3) is 0 Å². The van der Waals surface area contributed by atoms with Gasteiger partial charge in [-0.2, -0.15) is 0 Å². The van der Waals surface area contributed by atoms with Gasteiger partial charge in [-0.05, 0) is 58.6 Å². The van der Waals surface area contributed by atoms with Gasteiger partial charge in [-0.25, -0.2) is 4.79 Å². The first-order valence-electron chi connectivity index (χ1n) is 13.8. The van der Waals surface area contributed by atoms with Crippen molar-refractivity contribution in [3.63, 3.8) is 0 Å². The van der Waals surface area contributed by atoms with E-state index in [0.717, 1.165) is 25.7 Å². The molecule has 1 rings (SSSR count). The van der Waals surface area contributed by atoms with Crippen LogP contribution in [0.2, 0.25) is 0 Å². The van der Waals surface area contributed by atoms with Crippen LogP contribution in [0.5, 0.6) is 0 Å². The van der Waals surface area contributed by atoms with Gasteiger partial charge in [0, 0.05) is 24.6 Å². The summed E-state index contributed by atoms with van der Waals surface area (Å²) in [6.45, 7) is 11.3. The Kier molecular flexibility index (Phi) is 14.1. The molecule has 3 atom stereocenters. The first-order valence-corrected chi connectivity index (χ1v) is 13.8. The number of primary amides is 1. The van der Waals surface area contributed by atoms with Crippen molar-refractivity contribution >= 4 is 23.8 Å². The van der Waals surface area contributed by atoms with E-state index in [-0.39, 0.29) is 31.3 Å². The highest BCUT2D eigenvalue weighted by molar-refractivity contribution is 5.93. The van der Waals surface area contributed by atoms with Crippen molar-refractivity contribution in [3.8, 4) is 12.3 Å². The molecular formula is C30H46N4O5. The summed E-state index contributed by atoms with van der Waals surface area (Å²) < 4.78 is 5.37. The molecule has 0 aromatic heterocycles. The molecule has 1 aromatic rings. The number of hydrogen-bond acceptors (Lipinski definition) is 5. The summed E-state index contributed by atoms with van der Waals surface area (Å²) >= 11 is 0. The molecule has 9 heteroatoms. The zero-order valence-electron chi connectivity index (χ0n) is 24.3. The Labute approximate surface area is 233 Å². The van der Waals surface area contributed by atoms with Crippen molar-refractivity contribution in [2.24, 2.45) is 5.73 Å². The second-order valence-corrected chi connectivity index (χ2v) is 10.8. The topological polar surface area (TPSA) is 131 Å². The second-order valence-electron chi connectivity index (χ2n) is 10.8. The maximum absolute atomic E-state index is 14.2. The molecule has 9 nitrogen and oxygen atoms in total. The minimum Gasteiger partial charge on any atom is -0.444 e. The number of nitrogens with one attached hydrogen (secondary N) is 2. The van der Waals surface area contributed by atoms with Gasteiger partial charge in [-0.1, -0.05) is 57.2 Å². The third-order valence-electron chi connectivity index (χ3n) is 6.04. The number of benzene rings is 1. The number of hydrogen-bond donors (Lipinski definition) is 3. The van der Waals surface area contributed by atoms with E-state index >= 15 is 0 Å². The molecule has 0 saturated carbocycles. The summed E-state index contributed by atoms with van der Waals surface area (Å²) in [6.07, 6.45) is 8.79. The van der Waals surface area contributed by atoms with Gasteiger partial charge in [0.1, 0.15) is 17.7 Å². The molecule has 0 aliphatic heterocycles. The fourth-order valence-electron chi connectivity index (χ4n) is 4.24. The van der Waals surface area contributed by atoms with E-state index in [1.165, 1.54) is 4.90 Å². The quantitative estimate of drug-likeness (QED) is 0.226. The van der Waals surface area contributed by atoms with E-state index in [4.69, 9.17) is 16.9 Å². The summed E-state index contributed by atoms with van der Waals surface area (Å²) in [5.74, 6) is 1.13. The Morgan fingerprint density at radius 3 is 2.28 bits per heavy atom. The average molecular weight is 543 g/mol. The fraction of sp³-hybridized carbons (Fsp3) is 0.600. The van der Waals surface area contributed by atoms with E-state index in [0.29, 0.717) is 17.5 Å². The van der Waals surface area contributed by atoms with Crippen LogP contribution in [0.25, 0.3) is 0 Å². The molecule has 216 valence electrons. The molecule has 4 N–H and O–H groups in total. The Morgan fingerprint density at radius 2 is 1.72 bits per heavy atom. The first-order chi connectivity index (χ1) is 18.3. The van der Waals surface area contributed by atoms with Crippen LogP contribution in [0.15, 0.2) is 24.3 Å². The van der Waals surface area contributed by atoms with Gasteiger partial charge in [0.15, 0.2) is 0 Å². The van der Waals surface area contributed by atoms with Gasteiger partial charge in [0.2, 0.25) is 17.7 Å². The van der Waals surface area contributed by atoms with Crippen LogP contribution >= 0.6 is 0 Å². The largest absolute Gasteiger partial charge is 0.444 e. The number of alkyl carbamates (subject to hydrolysis) is 1. The number of ether oxygens (including phenoxy) is 1. The van der Waals surface area contributed by atoms with Gasteiger partial charge in [-0.3, -0.25) is 14.4 Å². The molecule has 0 radical (unpaired) electrons. The van der Waals surface area contributed by atoms with Crippen molar-refractivity contribution in [1.29, 1.82) is 0 Å². The highest BCUT2D eigenvalue weighted by atomic mass is 16.6. The summed E-state index contributed by atoms with van der Waals surface area (Å²) in [6, 6.07) is 4.70. The van der Waals surface area contributed by atoms with Crippen LogP contribution in [-0.4, -0.2) is 52.9 Å². The zero-order chi connectivity index (χ0) is 29.6. The van der Waals surface area contributed by atoms with Crippen LogP contribution in [0.1, 0.15) is 104 Å². The molecule has 0 saturated heterocycles. The molecule has 0 aliphatic rings. The van der Waals surface area contributed by atoms with E-state index in [9.17, 15) is 19.2 Å². The van der Waals surface area contributed by atoms with E-state index < -0.39 is 35.6 Å². The molecule has 39 heavy (non-hydrogen) atoms. The van der Waals surface area contributed by atoms with Crippen molar-refractivity contribution in [1.82, 2.24) is 15.5 Å². The Balaban J connectivity index is 3.60. The minimum atomic E-state index is -1.14. The molecule has 0 heterocycles. The van der Waals surface area contributed by atoms with Crippen molar-refractivity contribution < 1.29 is 23.9 Å². The number of terminal acetylenes is 1. The third kappa shape index (κ3) is 11.8. The van der Waals surface area contributed by atoms with Crippen molar-refractivity contribution in [3.05, 3.63) is 35.4 Å². The smallest absolute Gasteiger partial charge is 0.408 e. The van der Waals surface area contributed by atoms with Gasteiger partial charge < -0.3 is 26.0 Å². The van der Waals surface area contributed by atoms with Gasteiger partial charge in [0.05, 0.1) is 0 Å². The minimum absolute atomic E-state index is 0.0466. The van der Waals surface area contributed by atoms with Crippen LogP contribution in [0, 0.1) is 12.3 Å². The fourth-order valence-corrected chi connectivity index (χ4v) is 4.24. The molecule has 1 aromatic carbocycles. The molecule has 0 aliphatic carbocycles. The summed E-state index contributed by atoms with van der Waals surface area (Å²) in [7, 11) is 0. The van der Waals surface area contributed by atoms with Crippen LogP contribution in [0.3, 0.4) is 0 Å². The predicted molar refractivity (Wildman–Crippen MR) is 152 cm³/mol. The maximum atomic E-state index is 14.2. The predicted octanol–water partition coefficient (Wildman–Crippen LogP) is 4.19. The highest BCUT2D eigenvalue weighted by Crippen LogP contribution is 2.27. The molecular weight excluding hydrogens is 496 g/mol. The average Bonchev–Trinajstić information content (AvgIpc) is 2.84. The number of nitrogens with two attached hydrogens (primary N) is 1. The van der Waals surface area contributed by atoms with Crippen molar-refractivity contribution in [2.75, 3.05) is 6.54 Å². The Bertz CT molecular complexity index is 1010. The Hall–Kier alpha value is -3.54. The monoisotopic (exact) mass is 542 g/mol. The molecule has 0 fully saturated rings. The Morgan fingerprint density at radius 1 is 1.05 bits per heavy atom. The molecule has 4 amide bonds. The lowest BCUT2D eigenvalue weighted by molar-refractivity contribution is -0.143. The number of nitrogens with zero attached hydrogens (tertiary/aromatic N) is 1. The van der Waals surface area contributed by atoms with E-state index in [1.54, 1.807) is 45.0 Å². The lowest BCUT2D eigenvalue weighted by atomic mass is 9.96. The zero-order valence-corrected chi connectivity index (χ0v) is 24.3. The molecule has 3 unspecified atom stereocenters. The second kappa shape index (κ2) is 16.4. The lowest BCUT2D eigenvalue weighted by Gasteiger charge is -2.35. The van der Waals surface area contributed by atoms with Crippen molar-refractivity contribution in [2.45, 2.75) is 110 Å². The van der Waals surface area contributed by atoms with Gasteiger partial charge >= 0.3 is 6.09 Å².